The van der Waals surface area contributed by atoms with Crippen LogP contribution >= 0.6 is 0 Å². The average Bonchev–Trinajstić information content (AvgIpc) is 2.62. The van der Waals surface area contributed by atoms with Crippen LogP contribution in [0, 0.1) is 13.8 Å². The van der Waals surface area contributed by atoms with Gasteiger partial charge in [-0.3, -0.25) is 19.4 Å². The van der Waals surface area contributed by atoms with Gasteiger partial charge in [0.2, 0.25) is 5.91 Å². The molecule has 0 saturated carbocycles. The normalized spacial score (nSPS) is 17.3. The summed E-state index contributed by atoms with van der Waals surface area (Å²) in [6, 6.07) is 6.03. The fraction of sp³-hybridized carbons (Fsp3) is 0.600. The second-order valence-corrected chi connectivity index (χ2v) is 7.19. The molecule has 2 rings (SSSR count). The number of piperidine rings is 1. The molecule has 0 radical (unpaired) electrons. The van der Waals surface area contributed by atoms with E-state index in [1.807, 2.05) is 43.9 Å². The summed E-state index contributed by atoms with van der Waals surface area (Å²) in [5.74, 6) is -0.778. The van der Waals surface area contributed by atoms with Crippen molar-refractivity contribution in [3.05, 3.63) is 29.3 Å². The maximum atomic E-state index is 12.6. The Morgan fingerprint density at radius 1 is 1.27 bits per heavy atom. The number of hydrogen-bond acceptors (Lipinski definition) is 4. The van der Waals surface area contributed by atoms with E-state index in [1.165, 1.54) is 5.56 Å². The van der Waals surface area contributed by atoms with Gasteiger partial charge in [0.15, 0.2) is 0 Å². The molecule has 1 unspecified atom stereocenters. The van der Waals surface area contributed by atoms with Gasteiger partial charge in [0.25, 0.3) is 0 Å². The summed E-state index contributed by atoms with van der Waals surface area (Å²) in [6.45, 7) is 10.5. The Morgan fingerprint density at radius 3 is 2.46 bits per heavy atom. The van der Waals surface area contributed by atoms with E-state index in [9.17, 15) is 9.59 Å². The van der Waals surface area contributed by atoms with Crippen molar-refractivity contribution in [1.82, 2.24) is 9.80 Å². The number of anilines is 1. The number of hydrogen-bond donors (Lipinski definition) is 2. The van der Waals surface area contributed by atoms with Gasteiger partial charge in [0.1, 0.15) is 0 Å². The first-order valence-electron chi connectivity index (χ1n) is 9.39. The number of aryl methyl sites for hydroxylation is 2. The molecule has 1 aliphatic rings. The Hall–Kier alpha value is -1.92. The van der Waals surface area contributed by atoms with Crippen molar-refractivity contribution in [1.29, 1.82) is 0 Å². The van der Waals surface area contributed by atoms with E-state index in [1.54, 1.807) is 0 Å². The summed E-state index contributed by atoms with van der Waals surface area (Å²) in [7, 11) is 0. The second kappa shape index (κ2) is 9.14. The van der Waals surface area contributed by atoms with Gasteiger partial charge in [-0.05, 0) is 63.4 Å². The third-order valence-electron chi connectivity index (χ3n) is 5.46. The van der Waals surface area contributed by atoms with Gasteiger partial charge in [-0.1, -0.05) is 13.0 Å². The molecule has 6 heteroatoms. The smallest absolute Gasteiger partial charge is 0.317 e. The number of amides is 1. The quantitative estimate of drug-likeness (QED) is 0.781. The molecule has 1 aromatic rings. The first-order valence-corrected chi connectivity index (χ1v) is 9.39. The SMILES string of the molecule is CCN(CC(=O)O)C1CCN(C(C)C(=O)Nc2ccc(C)c(C)c2)CC1. The molecule has 1 saturated heterocycles. The first kappa shape index (κ1) is 20.4. The van der Waals surface area contributed by atoms with E-state index >= 15 is 0 Å². The molecule has 1 aromatic carbocycles. The van der Waals surface area contributed by atoms with Crippen LogP contribution in [0.1, 0.15) is 37.8 Å². The van der Waals surface area contributed by atoms with Crippen molar-refractivity contribution >= 4 is 17.6 Å². The van der Waals surface area contributed by atoms with Gasteiger partial charge < -0.3 is 10.4 Å². The van der Waals surface area contributed by atoms with E-state index in [0.717, 1.165) is 43.7 Å². The van der Waals surface area contributed by atoms with Crippen LogP contribution in [-0.2, 0) is 9.59 Å². The highest BCUT2D eigenvalue weighted by atomic mass is 16.4. The number of carboxylic acid groups (broad SMARTS) is 1. The number of likely N-dealkylation sites (N-methyl/N-ethyl adjacent to an activating group) is 1. The van der Waals surface area contributed by atoms with Crippen molar-refractivity contribution in [2.75, 3.05) is 31.5 Å². The largest absolute Gasteiger partial charge is 0.480 e. The zero-order chi connectivity index (χ0) is 19.3. The molecule has 26 heavy (non-hydrogen) atoms. The van der Waals surface area contributed by atoms with Crippen molar-refractivity contribution < 1.29 is 14.7 Å². The van der Waals surface area contributed by atoms with Crippen molar-refractivity contribution in [3.63, 3.8) is 0 Å². The fourth-order valence-corrected chi connectivity index (χ4v) is 3.54. The first-order chi connectivity index (χ1) is 12.3. The molecule has 1 heterocycles. The Labute approximate surface area is 156 Å². The van der Waals surface area contributed by atoms with E-state index in [2.05, 4.69) is 17.1 Å². The third-order valence-corrected chi connectivity index (χ3v) is 5.46. The zero-order valence-corrected chi connectivity index (χ0v) is 16.3. The molecular formula is C20H31N3O3. The predicted molar refractivity (Wildman–Crippen MR) is 103 cm³/mol. The number of rotatable bonds is 7. The fourth-order valence-electron chi connectivity index (χ4n) is 3.54. The molecule has 1 fully saturated rings. The summed E-state index contributed by atoms with van der Waals surface area (Å²) < 4.78 is 0. The van der Waals surface area contributed by atoms with Crippen LogP contribution in [0.25, 0.3) is 0 Å². The number of nitrogens with one attached hydrogen (secondary N) is 1. The lowest BCUT2D eigenvalue weighted by atomic mass is 10.0. The number of aliphatic carboxylic acids is 1. The minimum absolute atomic E-state index is 0.00425. The highest BCUT2D eigenvalue weighted by Gasteiger charge is 2.29. The van der Waals surface area contributed by atoms with Crippen LogP contribution in [-0.4, -0.2) is 65.0 Å². The number of carboxylic acids is 1. The number of likely N-dealkylation sites (tertiary alicyclic amines) is 1. The zero-order valence-electron chi connectivity index (χ0n) is 16.3. The summed E-state index contributed by atoms with van der Waals surface area (Å²) >= 11 is 0. The summed E-state index contributed by atoms with van der Waals surface area (Å²) in [6.07, 6.45) is 1.78. The van der Waals surface area contributed by atoms with Gasteiger partial charge >= 0.3 is 5.97 Å². The monoisotopic (exact) mass is 361 g/mol. The Morgan fingerprint density at radius 2 is 1.92 bits per heavy atom. The van der Waals surface area contributed by atoms with Crippen molar-refractivity contribution in [2.45, 2.75) is 52.6 Å². The highest BCUT2D eigenvalue weighted by Crippen LogP contribution is 2.20. The second-order valence-electron chi connectivity index (χ2n) is 7.19. The van der Waals surface area contributed by atoms with Gasteiger partial charge in [-0.25, -0.2) is 0 Å². The predicted octanol–water partition coefficient (Wildman–Crippen LogP) is 2.50. The average molecular weight is 361 g/mol. The maximum Gasteiger partial charge on any atom is 0.317 e. The molecule has 144 valence electrons. The van der Waals surface area contributed by atoms with Crippen LogP contribution in [0.15, 0.2) is 18.2 Å². The maximum absolute atomic E-state index is 12.6. The molecule has 1 aliphatic heterocycles. The molecular weight excluding hydrogens is 330 g/mol. The van der Waals surface area contributed by atoms with Gasteiger partial charge in [0.05, 0.1) is 12.6 Å². The van der Waals surface area contributed by atoms with Gasteiger partial charge in [-0.2, -0.15) is 0 Å². The van der Waals surface area contributed by atoms with E-state index < -0.39 is 5.97 Å². The van der Waals surface area contributed by atoms with Crippen LogP contribution in [0.2, 0.25) is 0 Å². The minimum atomic E-state index is -0.782. The van der Waals surface area contributed by atoms with Crippen LogP contribution in [0.3, 0.4) is 0 Å². The molecule has 0 spiro atoms. The van der Waals surface area contributed by atoms with E-state index in [0.29, 0.717) is 0 Å². The lowest BCUT2D eigenvalue weighted by molar-refractivity contribution is -0.139. The van der Waals surface area contributed by atoms with Crippen molar-refractivity contribution in [3.8, 4) is 0 Å². The molecule has 6 nitrogen and oxygen atoms in total. The Balaban J connectivity index is 1.88. The minimum Gasteiger partial charge on any atom is -0.480 e. The lowest BCUT2D eigenvalue weighted by Gasteiger charge is -2.39. The van der Waals surface area contributed by atoms with E-state index in [4.69, 9.17) is 5.11 Å². The van der Waals surface area contributed by atoms with Gasteiger partial charge in [-0.15, -0.1) is 0 Å². The lowest BCUT2D eigenvalue weighted by Crippen LogP contribution is -2.51. The summed E-state index contributed by atoms with van der Waals surface area (Å²) in [4.78, 5) is 27.8. The van der Waals surface area contributed by atoms with Gasteiger partial charge in [0, 0.05) is 24.8 Å². The third kappa shape index (κ3) is 5.29. The Bertz CT molecular complexity index is 639. The Kier molecular flexibility index (Phi) is 7.17. The molecule has 2 N–H and O–H groups in total. The van der Waals surface area contributed by atoms with Crippen LogP contribution in [0.5, 0.6) is 0 Å². The molecule has 1 amide bonds. The molecule has 0 aliphatic carbocycles. The van der Waals surface area contributed by atoms with Crippen LogP contribution in [0.4, 0.5) is 5.69 Å². The van der Waals surface area contributed by atoms with E-state index in [-0.39, 0.29) is 24.5 Å². The highest BCUT2D eigenvalue weighted by molar-refractivity contribution is 5.94. The van der Waals surface area contributed by atoms with Crippen molar-refractivity contribution in [2.24, 2.45) is 0 Å². The summed E-state index contributed by atoms with van der Waals surface area (Å²) in [5.41, 5.74) is 3.20. The summed E-state index contributed by atoms with van der Waals surface area (Å²) in [5, 5.41) is 12.0. The topological polar surface area (TPSA) is 72.9 Å². The number of carbonyl (C=O) groups excluding carboxylic acids is 1. The number of benzene rings is 1. The number of carbonyl (C=O) groups is 2. The number of nitrogens with zero attached hydrogens (tertiary/aromatic N) is 2. The molecule has 0 bridgehead atoms. The van der Waals surface area contributed by atoms with Crippen LogP contribution < -0.4 is 5.32 Å². The standard InChI is InChI=1S/C20H31N3O3/c1-5-22(13-19(24)25)18-8-10-23(11-9-18)16(4)20(26)21-17-7-6-14(2)15(3)12-17/h6-7,12,16,18H,5,8-11,13H2,1-4H3,(H,21,26)(H,24,25). The molecule has 1 atom stereocenters. The molecule has 0 aromatic heterocycles.